The summed E-state index contributed by atoms with van der Waals surface area (Å²) in [4.78, 5) is 12.6. The summed E-state index contributed by atoms with van der Waals surface area (Å²) >= 11 is 0. The van der Waals surface area contributed by atoms with E-state index in [1.54, 1.807) is 19.1 Å². The minimum absolute atomic E-state index is 0.00445. The number of hydrogen-bond acceptors (Lipinski definition) is 8. The second-order valence-electron chi connectivity index (χ2n) is 6.95. The van der Waals surface area contributed by atoms with Gasteiger partial charge in [0.15, 0.2) is 17.2 Å². The number of carbonyl (C=O) groups excluding carboxylic acids is 1. The molecule has 0 atom stereocenters. The van der Waals surface area contributed by atoms with E-state index in [1.165, 1.54) is 12.3 Å². The second kappa shape index (κ2) is 8.73. The number of nitrogens with zero attached hydrogens (tertiary/aromatic N) is 2. The van der Waals surface area contributed by atoms with Crippen LogP contribution >= 0.6 is 0 Å². The Kier molecular flexibility index (Phi) is 6.10. The SMILES string of the molecule is C=CNCc1cc(-c2c(C(=O)NCC)noc2-c2cc(C(C)C)c(O)cc2O)on1. The first-order chi connectivity index (χ1) is 14.4. The van der Waals surface area contributed by atoms with E-state index in [4.69, 9.17) is 9.05 Å². The minimum atomic E-state index is -0.452. The van der Waals surface area contributed by atoms with Crippen LogP contribution in [0.3, 0.4) is 0 Å². The fraction of sp³-hybridized carbons (Fsp3) is 0.286. The Labute approximate surface area is 173 Å². The molecule has 0 aliphatic heterocycles. The van der Waals surface area contributed by atoms with Crippen LogP contribution in [0.25, 0.3) is 22.6 Å². The molecule has 0 aliphatic carbocycles. The van der Waals surface area contributed by atoms with Crippen molar-refractivity contribution in [2.24, 2.45) is 0 Å². The topological polar surface area (TPSA) is 134 Å². The van der Waals surface area contributed by atoms with E-state index in [0.717, 1.165) is 0 Å². The highest BCUT2D eigenvalue weighted by Crippen LogP contribution is 2.43. The molecule has 158 valence electrons. The summed E-state index contributed by atoms with van der Waals surface area (Å²) in [6.45, 7) is 9.97. The van der Waals surface area contributed by atoms with Gasteiger partial charge in [-0.15, -0.1) is 0 Å². The molecule has 1 amide bonds. The highest BCUT2D eigenvalue weighted by molar-refractivity contribution is 6.01. The van der Waals surface area contributed by atoms with Gasteiger partial charge in [0.2, 0.25) is 0 Å². The van der Waals surface area contributed by atoms with Crippen molar-refractivity contribution in [2.45, 2.75) is 33.2 Å². The van der Waals surface area contributed by atoms with Crippen molar-refractivity contribution in [3.05, 3.63) is 47.9 Å². The Morgan fingerprint density at radius 1 is 1.20 bits per heavy atom. The third-order valence-corrected chi connectivity index (χ3v) is 4.49. The van der Waals surface area contributed by atoms with Crippen LogP contribution in [-0.2, 0) is 6.54 Å². The normalized spacial score (nSPS) is 10.9. The van der Waals surface area contributed by atoms with E-state index in [2.05, 4.69) is 27.5 Å². The smallest absolute Gasteiger partial charge is 0.274 e. The van der Waals surface area contributed by atoms with Crippen LogP contribution in [0, 0.1) is 0 Å². The minimum Gasteiger partial charge on any atom is -0.508 e. The molecule has 9 heteroatoms. The molecule has 1 aromatic carbocycles. The molecule has 0 radical (unpaired) electrons. The molecule has 0 aliphatic rings. The van der Waals surface area contributed by atoms with Crippen molar-refractivity contribution in [1.82, 2.24) is 20.9 Å². The molecule has 30 heavy (non-hydrogen) atoms. The monoisotopic (exact) mass is 412 g/mol. The van der Waals surface area contributed by atoms with E-state index < -0.39 is 5.91 Å². The first-order valence-corrected chi connectivity index (χ1v) is 9.51. The fourth-order valence-electron chi connectivity index (χ4n) is 3.03. The van der Waals surface area contributed by atoms with Crippen molar-refractivity contribution >= 4 is 5.91 Å². The predicted molar refractivity (Wildman–Crippen MR) is 110 cm³/mol. The van der Waals surface area contributed by atoms with Crippen LogP contribution in [0.15, 0.2) is 40.0 Å². The number of rotatable bonds is 8. The highest BCUT2D eigenvalue weighted by atomic mass is 16.5. The molecule has 4 N–H and O–H groups in total. The van der Waals surface area contributed by atoms with Crippen molar-refractivity contribution in [3.8, 4) is 34.1 Å². The third kappa shape index (κ3) is 4.00. The summed E-state index contributed by atoms with van der Waals surface area (Å²) < 4.78 is 10.9. The van der Waals surface area contributed by atoms with Crippen LogP contribution in [0.5, 0.6) is 11.5 Å². The fourth-order valence-corrected chi connectivity index (χ4v) is 3.03. The lowest BCUT2D eigenvalue weighted by Crippen LogP contribution is -2.23. The number of amides is 1. The van der Waals surface area contributed by atoms with Gasteiger partial charge in [0.25, 0.3) is 5.91 Å². The lowest BCUT2D eigenvalue weighted by molar-refractivity contribution is 0.0947. The van der Waals surface area contributed by atoms with Crippen LogP contribution in [0.2, 0.25) is 0 Å². The molecule has 0 saturated heterocycles. The van der Waals surface area contributed by atoms with Gasteiger partial charge < -0.3 is 29.9 Å². The molecule has 0 saturated carbocycles. The van der Waals surface area contributed by atoms with Gasteiger partial charge in [0, 0.05) is 18.7 Å². The maximum atomic E-state index is 12.6. The molecule has 2 heterocycles. The summed E-state index contributed by atoms with van der Waals surface area (Å²) in [7, 11) is 0. The second-order valence-corrected chi connectivity index (χ2v) is 6.95. The summed E-state index contributed by atoms with van der Waals surface area (Å²) in [5, 5.41) is 34.1. The van der Waals surface area contributed by atoms with Gasteiger partial charge in [-0.25, -0.2) is 0 Å². The zero-order valence-electron chi connectivity index (χ0n) is 17.0. The Morgan fingerprint density at radius 3 is 2.63 bits per heavy atom. The Bertz CT molecular complexity index is 1070. The number of aromatic nitrogens is 2. The lowest BCUT2D eigenvalue weighted by Gasteiger charge is -2.11. The van der Waals surface area contributed by atoms with Gasteiger partial charge in [-0.2, -0.15) is 0 Å². The molecule has 0 spiro atoms. The molecule has 3 rings (SSSR count). The van der Waals surface area contributed by atoms with Gasteiger partial charge in [-0.1, -0.05) is 30.7 Å². The first kappa shape index (κ1) is 21.0. The third-order valence-electron chi connectivity index (χ3n) is 4.49. The average molecular weight is 412 g/mol. The first-order valence-electron chi connectivity index (χ1n) is 9.51. The molecule has 9 nitrogen and oxygen atoms in total. The number of nitrogens with one attached hydrogen (secondary N) is 2. The summed E-state index contributed by atoms with van der Waals surface area (Å²) in [6.07, 6.45) is 1.53. The van der Waals surface area contributed by atoms with E-state index in [9.17, 15) is 15.0 Å². The van der Waals surface area contributed by atoms with Gasteiger partial charge >= 0.3 is 0 Å². The van der Waals surface area contributed by atoms with Crippen LogP contribution in [0.1, 0.15) is 48.4 Å². The largest absolute Gasteiger partial charge is 0.508 e. The molecule has 0 unspecified atom stereocenters. The molecule has 3 aromatic rings. The van der Waals surface area contributed by atoms with Gasteiger partial charge in [0.1, 0.15) is 22.8 Å². The van der Waals surface area contributed by atoms with Gasteiger partial charge in [-0.3, -0.25) is 4.79 Å². The average Bonchev–Trinajstić information content (AvgIpc) is 3.33. The van der Waals surface area contributed by atoms with E-state index in [0.29, 0.717) is 24.3 Å². The number of benzene rings is 1. The Balaban J connectivity index is 2.19. The predicted octanol–water partition coefficient (Wildman–Crippen LogP) is 3.51. The van der Waals surface area contributed by atoms with Gasteiger partial charge in [0.05, 0.1) is 12.1 Å². The highest BCUT2D eigenvalue weighted by Gasteiger charge is 2.29. The number of phenolic OH excluding ortho intramolecular Hbond substituents is 2. The Morgan fingerprint density at radius 2 is 1.97 bits per heavy atom. The van der Waals surface area contributed by atoms with Crippen molar-refractivity contribution in [3.63, 3.8) is 0 Å². The molecule has 0 bridgehead atoms. The van der Waals surface area contributed by atoms with Crippen molar-refractivity contribution < 1.29 is 24.1 Å². The summed E-state index contributed by atoms with van der Waals surface area (Å²) in [6, 6.07) is 4.50. The van der Waals surface area contributed by atoms with E-state index >= 15 is 0 Å². The maximum Gasteiger partial charge on any atom is 0.274 e. The van der Waals surface area contributed by atoms with Crippen LogP contribution in [-0.4, -0.2) is 33.0 Å². The molecular formula is C21H24N4O5. The summed E-state index contributed by atoms with van der Waals surface area (Å²) in [5.74, 6) is -0.326. The number of carbonyl (C=O) groups is 1. The number of aromatic hydroxyl groups is 2. The molecule has 0 fully saturated rings. The maximum absolute atomic E-state index is 12.6. The summed E-state index contributed by atoms with van der Waals surface area (Å²) in [5.41, 5.74) is 1.73. The van der Waals surface area contributed by atoms with E-state index in [1.807, 2.05) is 13.8 Å². The number of phenols is 2. The molecular weight excluding hydrogens is 388 g/mol. The zero-order valence-corrected chi connectivity index (χ0v) is 17.0. The quantitative estimate of drug-likeness (QED) is 0.442. The van der Waals surface area contributed by atoms with E-state index in [-0.39, 0.29) is 45.8 Å². The van der Waals surface area contributed by atoms with Crippen molar-refractivity contribution in [1.29, 1.82) is 0 Å². The lowest BCUT2D eigenvalue weighted by atomic mass is 9.95. The molecule has 2 aromatic heterocycles. The van der Waals surface area contributed by atoms with Crippen LogP contribution < -0.4 is 10.6 Å². The van der Waals surface area contributed by atoms with Gasteiger partial charge in [-0.05, 0) is 30.7 Å². The Hall–Kier alpha value is -3.75. The zero-order chi connectivity index (χ0) is 21.8. The standard InChI is InChI=1S/C21H24N4O5/c1-5-22-10-12-7-17(29-24-12)18-19(21(28)23-6-2)25-30-20(18)14-8-13(11(3)4)15(26)9-16(14)27/h5,7-9,11,22,26-27H,1,6,10H2,2-4H3,(H,23,28). The number of hydrogen-bond donors (Lipinski definition) is 4. The van der Waals surface area contributed by atoms with Crippen molar-refractivity contribution in [2.75, 3.05) is 6.54 Å². The van der Waals surface area contributed by atoms with Crippen LogP contribution in [0.4, 0.5) is 0 Å².